The molecule has 0 saturated heterocycles. The molecule has 0 amide bonds. The molecule has 0 aromatic carbocycles. The Morgan fingerprint density at radius 1 is 1.54 bits per heavy atom. The van der Waals surface area contributed by atoms with Gasteiger partial charge in [0, 0.05) is 6.07 Å². The highest BCUT2D eigenvalue weighted by Crippen LogP contribution is 2.20. The van der Waals surface area contributed by atoms with E-state index in [1.807, 2.05) is 0 Å². The standard InChI is InChI=1S/C6H6ClF2N3O/c7-4-1-3(6(10)12-11-4)13-2-5(8)9/h1,5H,2H2,(H2,10,12). The van der Waals surface area contributed by atoms with E-state index in [4.69, 9.17) is 17.3 Å². The second kappa shape index (κ2) is 4.18. The molecule has 7 heteroatoms. The molecule has 0 aliphatic carbocycles. The van der Waals surface area contributed by atoms with E-state index in [9.17, 15) is 8.78 Å². The van der Waals surface area contributed by atoms with Crippen molar-refractivity contribution in [2.75, 3.05) is 12.3 Å². The number of nitrogens with zero attached hydrogens (tertiary/aromatic N) is 2. The lowest BCUT2D eigenvalue weighted by atomic mass is 10.5. The van der Waals surface area contributed by atoms with E-state index in [1.165, 1.54) is 6.07 Å². The van der Waals surface area contributed by atoms with Crippen molar-refractivity contribution in [2.24, 2.45) is 0 Å². The number of rotatable bonds is 3. The van der Waals surface area contributed by atoms with Crippen LogP contribution in [0.3, 0.4) is 0 Å². The van der Waals surface area contributed by atoms with E-state index >= 15 is 0 Å². The van der Waals surface area contributed by atoms with Crippen LogP contribution < -0.4 is 10.5 Å². The highest BCUT2D eigenvalue weighted by atomic mass is 35.5. The summed E-state index contributed by atoms with van der Waals surface area (Å²) in [5, 5.41) is 6.81. The van der Waals surface area contributed by atoms with Gasteiger partial charge in [-0.3, -0.25) is 0 Å². The number of halogens is 3. The third-order valence-electron chi connectivity index (χ3n) is 1.12. The molecule has 0 aliphatic heterocycles. The number of hydrogen-bond donors (Lipinski definition) is 1. The van der Waals surface area contributed by atoms with E-state index in [2.05, 4.69) is 14.9 Å². The van der Waals surface area contributed by atoms with Gasteiger partial charge < -0.3 is 10.5 Å². The van der Waals surface area contributed by atoms with Gasteiger partial charge in [-0.15, -0.1) is 10.2 Å². The normalized spacial score (nSPS) is 10.5. The first-order chi connectivity index (χ1) is 6.09. The topological polar surface area (TPSA) is 61.0 Å². The number of nitrogen functional groups attached to an aromatic ring is 1. The second-order valence-electron chi connectivity index (χ2n) is 2.12. The van der Waals surface area contributed by atoms with Crippen molar-refractivity contribution in [3.8, 4) is 5.75 Å². The largest absolute Gasteiger partial charge is 0.484 e. The van der Waals surface area contributed by atoms with Crippen LogP contribution in [0.25, 0.3) is 0 Å². The van der Waals surface area contributed by atoms with Crippen molar-refractivity contribution in [3.63, 3.8) is 0 Å². The van der Waals surface area contributed by atoms with Crippen LogP contribution in [0, 0.1) is 0 Å². The van der Waals surface area contributed by atoms with Crippen molar-refractivity contribution >= 4 is 17.4 Å². The summed E-state index contributed by atoms with van der Waals surface area (Å²) in [4.78, 5) is 0. The van der Waals surface area contributed by atoms with Gasteiger partial charge in [0.25, 0.3) is 6.43 Å². The summed E-state index contributed by atoms with van der Waals surface area (Å²) in [5.41, 5.74) is 5.27. The van der Waals surface area contributed by atoms with Crippen LogP contribution in [0.15, 0.2) is 6.07 Å². The third-order valence-corrected chi connectivity index (χ3v) is 1.31. The van der Waals surface area contributed by atoms with Gasteiger partial charge in [-0.2, -0.15) is 0 Å². The Morgan fingerprint density at radius 3 is 2.85 bits per heavy atom. The molecule has 72 valence electrons. The number of anilines is 1. The average molecular weight is 210 g/mol. The summed E-state index contributed by atoms with van der Waals surface area (Å²) >= 11 is 5.44. The molecule has 0 fully saturated rings. The Bertz CT molecular complexity index is 297. The van der Waals surface area contributed by atoms with Gasteiger partial charge in [-0.25, -0.2) is 8.78 Å². The Hall–Kier alpha value is -1.17. The van der Waals surface area contributed by atoms with E-state index in [1.54, 1.807) is 0 Å². The van der Waals surface area contributed by atoms with Gasteiger partial charge >= 0.3 is 0 Å². The van der Waals surface area contributed by atoms with E-state index in [0.29, 0.717) is 0 Å². The molecule has 0 aliphatic rings. The maximum atomic E-state index is 11.7. The predicted molar refractivity (Wildman–Crippen MR) is 43.0 cm³/mol. The maximum absolute atomic E-state index is 11.7. The monoisotopic (exact) mass is 209 g/mol. The van der Waals surface area contributed by atoms with Crippen LogP contribution in [0.1, 0.15) is 0 Å². The minimum absolute atomic E-state index is 0.0142. The van der Waals surface area contributed by atoms with Gasteiger partial charge in [-0.1, -0.05) is 11.6 Å². The predicted octanol–water partition coefficient (Wildman–Crippen LogP) is 1.36. The minimum Gasteiger partial charge on any atom is -0.484 e. The van der Waals surface area contributed by atoms with Gasteiger partial charge in [0.05, 0.1) is 0 Å². The highest BCUT2D eigenvalue weighted by molar-refractivity contribution is 6.29. The zero-order valence-electron chi connectivity index (χ0n) is 6.38. The fraction of sp³-hybridized carbons (Fsp3) is 0.333. The Morgan fingerprint density at radius 2 is 2.23 bits per heavy atom. The van der Waals surface area contributed by atoms with Gasteiger partial charge in [0.2, 0.25) is 0 Å². The lowest BCUT2D eigenvalue weighted by Crippen LogP contribution is -2.09. The molecular formula is C6H6ClF2N3O. The van der Waals surface area contributed by atoms with Crippen LogP contribution in [-0.2, 0) is 0 Å². The molecule has 1 heterocycles. The Balaban J connectivity index is 2.70. The summed E-state index contributed by atoms with van der Waals surface area (Å²) in [6.07, 6.45) is -2.56. The summed E-state index contributed by atoms with van der Waals surface area (Å²) in [5.74, 6) is -0.0506. The third kappa shape index (κ3) is 2.98. The molecule has 0 unspecified atom stereocenters. The number of ether oxygens (including phenoxy) is 1. The Kier molecular flexibility index (Phi) is 3.18. The molecule has 0 spiro atoms. The highest BCUT2D eigenvalue weighted by Gasteiger charge is 2.08. The van der Waals surface area contributed by atoms with Crippen LogP contribution >= 0.6 is 11.6 Å². The lowest BCUT2D eigenvalue weighted by molar-refractivity contribution is 0.0821. The molecular weight excluding hydrogens is 204 g/mol. The number of alkyl halides is 2. The fourth-order valence-corrected chi connectivity index (χ4v) is 0.767. The van der Waals surface area contributed by atoms with Gasteiger partial charge in [0.15, 0.2) is 16.7 Å². The zero-order chi connectivity index (χ0) is 9.84. The second-order valence-corrected chi connectivity index (χ2v) is 2.51. The fourth-order valence-electron chi connectivity index (χ4n) is 0.630. The smallest absolute Gasteiger partial charge is 0.272 e. The van der Waals surface area contributed by atoms with Crippen molar-refractivity contribution in [2.45, 2.75) is 6.43 Å². The Labute approximate surface area is 77.7 Å². The van der Waals surface area contributed by atoms with Crippen LogP contribution in [0.5, 0.6) is 5.75 Å². The van der Waals surface area contributed by atoms with Crippen LogP contribution in [0.2, 0.25) is 5.15 Å². The van der Waals surface area contributed by atoms with Crippen molar-refractivity contribution in [1.29, 1.82) is 0 Å². The molecule has 4 nitrogen and oxygen atoms in total. The van der Waals surface area contributed by atoms with E-state index in [0.717, 1.165) is 0 Å². The van der Waals surface area contributed by atoms with Crippen LogP contribution in [-0.4, -0.2) is 23.2 Å². The summed E-state index contributed by atoms with van der Waals surface area (Å²) in [7, 11) is 0. The SMILES string of the molecule is Nc1nnc(Cl)cc1OCC(F)F. The lowest BCUT2D eigenvalue weighted by Gasteiger charge is -2.06. The molecule has 13 heavy (non-hydrogen) atoms. The van der Waals surface area contributed by atoms with E-state index in [-0.39, 0.29) is 16.7 Å². The molecule has 1 rings (SSSR count). The molecule has 0 atom stereocenters. The van der Waals surface area contributed by atoms with Gasteiger partial charge in [0.1, 0.15) is 6.61 Å². The number of aromatic nitrogens is 2. The summed E-state index contributed by atoms with van der Waals surface area (Å²) in [6, 6.07) is 1.23. The van der Waals surface area contributed by atoms with Crippen molar-refractivity contribution < 1.29 is 13.5 Å². The summed E-state index contributed by atoms with van der Waals surface area (Å²) in [6.45, 7) is -0.744. The molecule has 0 saturated carbocycles. The first-order valence-electron chi connectivity index (χ1n) is 3.29. The minimum atomic E-state index is -2.56. The maximum Gasteiger partial charge on any atom is 0.272 e. The quantitative estimate of drug-likeness (QED) is 0.817. The zero-order valence-corrected chi connectivity index (χ0v) is 7.13. The number of nitrogens with two attached hydrogens (primary N) is 1. The summed E-state index contributed by atoms with van der Waals surface area (Å²) < 4.78 is 28.1. The molecule has 0 bridgehead atoms. The average Bonchev–Trinajstić information content (AvgIpc) is 2.06. The van der Waals surface area contributed by atoms with Crippen LogP contribution in [0.4, 0.5) is 14.6 Å². The van der Waals surface area contributed by atoms with Crippen molar-refractivity contribution in [1.82, 2.24) is 10.2 Å². The first-order valence-corrected chi connectivity index (χ1v) is 3.67. The molecule has 2 N–H and O–H groups in total. The van der Waals surface area contributed by atoms with Crippen molar-refractivity contribution in [3.05, 3.63) is 11.2 Å². The first kappa shape index (κ1) is 9.91. The van der Waals surface area contributed by atoms with Gasteiger partial charge in [-0.05, 0) is 0 Å². The molecule has 1 aromatic rings. The number of hydrogen-bond acceptors (Lipinski definition) is 4. The molecule has 1 aromatic heterocycles. The molecule has 0 radical (unpaired) electrons. The van der Waals surface area contributed by atoms with E-state index < -0.39 is 13.0 Å².